The van der Waals surface area contributed by atoms with Crippen LogP contribution in [0.2, 0.25) is 0 Å². The summed E-state index contributed by atoms with van der Waals surface area (Å²) in [6.45, 7) is 5.19. The van der Waals surface area contributed by atoms with Crippen LogP contribution in [0.3, 0.4) is 0 Å². The number of aromatic nitrogens is 1. The Morgan fingerprint density at radius 3 is 2.02 bits per heavy atom. The summed E-state index contributed by atoms with van der Waals surface area (Å²) in [7, 11) is -1.93. The third-order valence-corrected chi connectivity index (χ3v) is 8.61. The number of amides is 1. The van der Waals surface area contributed by atoms with Crippen LogP contribution in [0.5, 0.6) is 0 Å². The van der Waals surface area contributed by atoms with Crippen LogP contribution < -0.4 is 14.7 Å². The van der Waals surface area contributed by atoms with E-state index in [-0.39, 0.29) is 18.5 Å². The topological polar surface area (TPSA) is 109 Å². The van der Waals surface area contributed by atoms with E-state index in [1.165, 1.54) is 36.9 Å². The first-order valence-corrected chi connectivity index (χ1v) is 17.4. The molecule has 17 heteroatoms. The molecule has 0 aliphatic heterocycles. The van der Waals surface area contributed by atoms with E-state index in [0.29, 0.717) is 53.1 Å². The van der Waals surface area contributed by atoms with E-state index >= 15 is 0 Å². The number of halogens is 7. The van der Waals surface area contributed by atoms with Gasteiger partial charge in [-0.05, 0) is 68.8 Å². The molecule has 3 rings (SSSR count). The van der Waals surface area contributed by atoms with Gasteiger partial charge in [0.05, 0.1) is 28.4 Å². The first kappa shape index (κ1) is 39.7. The van der Waals surface area contributed by atoms with Crippen molar-refractivity contribution in [2.75, 3.05) is 54.7 Å². The van der Waals surface area contributed by atoms with Crippen molar-refractivity contribution in [2.24, 2.45) is 0 Å². The van der Waals surface area contributed by atoms with E-state index in [9.17, 15) is 40.6 Å². The van der Waals surface area contributed by atoms with Crippen molar-refractivity contribution in [2.45, 2.75) is 38.5 Å². The molecule has 1 atom stereocenters. The van der Waals surface area contributed by atoms with Crippen LogP contribution in [0.4, 0.5) is 37.8 Å². The highest BCUT2D eigenvalue weighted by atomic mass is 127. The van der Waals surface area contributed by atoms with Gasteiger partial charge in [-0.15, -0.1) is 0 Å². The monoisotopic (exact) mass is 815 g/mol. The largest absolute Gasteiger partial charge is 0.756 e. The van der Waals surface area contributed by atoms with Gasteiger partial charge < -0.3 is 24.1 Å². The second-order valence-electron chi connectivity index (χ2n) is 11.6. The Labute approximate surface area is 288 Å². The second kappa shape index (κ2) is 15.4. The number of rotatable bonds is 13. The minimum absolute atomic E-state index is 0.0217. The van der Waals surface area contributed by atoms with Gasteiger partial charge in [0.2, 0.25) is 5.91 Å². The zero-order chi connectivity index (χ0) is 36.2. The quantitative estimate of drug-likeness (QED) is 0.0673. The standard InChI is InChI=1S/C31H36F6IN4O5P/c1-20-8-6-7-9-24(20)25-17-27(42(11-10-38)13-12-40(4)19-47-48(44,45)46)39-18-26(25)41(5)28(43)29(2,3)21-14-22(30(32,33)34)16-23(15-21)31(35,36)37/h6-9,14-18H,10-13,19H2,1-5H3,(H2,44,45,46)/p-1. The predicted molar refractivity (Wildman–Crippen MR) is 177 cm³/mol. The van der Waals surface area contributed by atoms with E-state index < -0.39 is 48.2 Å². The van der Waals surface area contributed by atoms with E-state index in [1.807, 2.05) is 30.0 Å². The fraction of sp³-hybridized carbons (Fsp3) is 0.419. The van der Waals surface area contributed by atoms with Gasteiger partial charge in [0.15, 0.2) is 0 Å². The molecule has 1 N–H and O–H groups in total. The number of aryl methyl sites for hydroxylation is 1. The maximum Gasteiger partial charge on any atom is 0.416 e. The van der Waals surface area contributed by atoms with Gasteiger partial charge in [-0.1, -0.05) is 46.9 Å². The molecule has 0 radical (unpaired) electrons. The third kappa shape index (κ3) is 10.1. The molecule has 1 aromatic heterocycles. The number of alkyl halides is 7. The summed E-state index contributed by atoms with van der Waals surface area (Å²) in [6, 6.07) is 10.1. The van der Waals surface area contributed by atoms with Crippen molar-refractivity contribution in [3.8, 4) is 11.1 Å². The first-order chi connectivity index (χ1) is 22.1. The number of phosphoric ester groups is 1. The molecular formula is C31H35F6IN4O5P-. The summed E-state index contributed by atoms with van der Waals surface area (Å²) < 4.78 is 98.0. The number of anilines is 2. The summed E-state index contributed by atoms with van der Waals surface area (Å²) in [6.07, 6.45) is -8.74. The molecule has 9 nitrogen and oxygen atoms in total. The molecular weight excluding hydrogens is 780 g/mol. The lowest BCUT2D eigenvalue weighted by Gasteiger charge is -2.33. The predicted octanol–water partition coefficient (Wildman–Crippen LogP) is 6.64. The average molecular weight is 816 g/mol. The van der Waals surface area contributed by atoms with Gasteiger partial charge in [-0.2, -0.15) is 26.3 Å². The molecule has 1 amide bonds. The number of likely N-dealkylation sites (N-methyl/N-ethyl adjacent to an activating group) is 2. The molecule has 0 saturated carbocycles. The molecule has 0 fully saturated rings. The van der Waals surface area contributed by atoms with Gasteiger partial charge >= 0.3 is 12.4 Å². The molecule has 0 saturated heterocycles. The molecule has 1 heterocycles. The summed E-state index contributed by atoms with van der Waals surface area (Å²) in [4.78, 5) is 43.1. The van der Waals surface area contributed by atoms with Crippen LogP contribution in [0.15, 0.2) is 54.7 Å². The van der Waals surface area contributed by atoms with Crippen LogP contribution in [-0.2, 0) is 31.7 Å². The Hall–Kier alpha value is -2.76. The smallest absolute Gasteiger partial charge is 0.416 e. The van der Waals surface area contributed by atoms with E-state index in [2.05, 4.69) is 32.1 Å². The molecule has 0 spiro atoms. The van der Waals surface area contributed by atoms with Gasteiger partial charge in [-0.3, -0.25) is 14.3 Å². The van der Waals surface area contributed by atoms with E-state index in [0.717, 1.165) is 5.56 Å². The fourth-order valence-electron chi connectivity index (χ4n) is 4.91. The Kier molecular flexibility index (Phi) is 12.7. The number of carbonyl (C=O) groups excluding carboxylic acids is 1. The summed E-state index contributed by atoms with van der Waals surface area (Å²) in [5.74, 6) is -0.280. The molecule has 2 aromatic carbocycles. The van der Waals surface area contributed by atoms with Crippen LogP contribution >= 0.6 is 30.4 Å². The lowest BCUT2D eigenvalue weighted by molar-refractivity contribution is -0.222. The molecule has 3 aromatic rings. The molecule has 264 valence electrons. The van der Waals surface area contributed by atoms with Gasteiger partial charge in [0, 0.05) is 36.7 Å². The van der Waals surface area contributed by atoms with Crippen molar-refractivity contribution in [3.63, 3.8) is 0 Å². The van der Waals surface area contributed by atoms with Crippen LogP contribution in [0, 0.1) is 6.92 Å². The Morgan fingerprint density at radius 2 is 1.50 bits per heavy atom. The summed E-state index contributed by atoms with van der Waals surface area (Å²) in [5.41, 5.74) is -3.00. The molecule has 48 heavy (non-hydrogen) atoms. The Balaban J connectivity index is 2.08. The number of benzene rings is 2. The fourth-order valence-corrected chi connectivity index (χ4v) is 5.83. The highest BCUT2D eigenvalue weighted by molar-refractivity contribution is 14.1. The van der Waals surface area contributed by atoms with Crippen molar-refractivity contribution in [3.05, 3.63) is 77.0 Å². The summed E-state index contributed by atoms with van der Waals surface area (Å²) >= 11 is 2.18. The number of phosphoric acid groups is 1. The van der Waals surface area contributed by atoms with Crippen LogP contribution in [-0.4, -0.2) is 65.6 Å². The Bertz CT molecular complexity index is 1620. The van der Waals surface area contributed by atoms with Gasteiger partial charge in [0.1, 0.15) is 12.5 Å². The third-order valence-electron chi connectivity index (χ3n) is 7.69. The molecule has 0 bridgehead atoms. The van der Waals surface area contributed by atoms with Crippen molar-refractivity contribution in [1.29, 1.82) is 0 Å². The van der Waals surface area contributed by atoms with Gasteiger partial charge in [0.25, 0.3) is 7.82 Å². The second-order valence-corrected chi connectivity index (χ2v) is 13.9. The maximum absolute atomic E-state index is 14.0. The number of hydrogen-bond donors (Lipinski definition) is 1. The summed E-state index contributed by atoms with van der Waals surface area (Å²) in [5, 5.41) is 0. The molecule has 0 aliphatic carbocycles. The number of nitrogens with zero attached hydrogens (tertiary/aromatic N) is 4. The van der Waals surface area contributed by atoms with Crippen molar-refractivity contribution >= 4 is 47.8 Å². The minimum atomic E-state index is -5.08. The number of carbonyl (C=O) groups is 1. The zero-order valence-electron chi connectivity index (χ0n) is 26.7. The van der Waals surface area contributed by atoms with Crippen molar-refractivity contribution in [1.82, 2.24) is 9.88 Å². The van der Waals surface area contributed by atoms with E-state index in [1.54, 1.807) is 19.2 Å². The lowest BCUT2D eigenvalue weighted by atomic mass is 9.81. The van der Waals surface area contributed by atoms with E-state index in [4.69, 9.17) is 4.89 Å². The highest BCUT2D eigenvalue weighted by Crippen LogP contribution is 2.41. The van der Waals surface area contributed by atoms with Crippen LogP contribution in [0.25, 0.3) is 11.1 Å². The minimum Gasteiger partial charge on any atom is -0.756 e. The lowest BCUT2D eigenvalue weighted by Crippen LogP contribution is -2.42. The molecule has 1 unspecified atom stereocenters. The zero-order valence-corrected chi connectivity index (χ0v) is 29.7. The number of hydrogen-bond acceptors (Lipinski definition) is 7. The Morgan fingerprint density at radius 1 is 0.938 bits per heavy atom. The average Bonchev–Trinajstić information content (AvgIpc) is 2.99. The SMILES string of the molecule is Cc1ccccc1-c1cc(N(CCI)CCN(C)COP(=O)([O-])O)ncc1N(C)C(=O)C(C)(C)c1cc(C(F)(F)F)cc(C(F)(F)F)c1. The van der Waals surface area contributed by atoms with Crippen LogP contribution in [0.1, 0.15) is 36.1 Å². The normalized spacial score (nSPS) is 13.8. The number of pyridine rings is 1. The van der Waals surface area contributed by atoms with Gasteiger partial charge in [-0.25, -0.2) is 4.98 Å². The van der Waals surface area contributed by atoms with Crippen molar-refractivity contribution < 1.29 is 50.0 Å². The highest BCUT2D eigenvalue weighted by Gasteiger charge is 2.41. The first-order valence-electron chi connectivity index (χ1n) is 14.4. The molecule has 0 aliphatic rings. The maximum atomic E-state index is 14.0.